The highest BCUT2D eigenvalue weighted by Crippen LogP contribution is 2.41. The summed E-state index contributed by atoms with van der Waals surface area (Å²) in [5.41, 5.74) is 7.33. The molecule has 0 bridgehead atoms. The van der Waals surface area contributed by atoms with Crippen molar-refractivity contribution in [1.82, 2.24) is 0 Å². The Hall–Kier alpha value is -3.33. The predicted octanol–water partition coefficient (Wildman–Crippen LogP) is 4.46. The molecule has 0 aliphatic carbocycles. The maximum absolute atomic E-state index is 12.0. The number of carbonyl (C=O) groups excluding carboxylic acids is 1. The summed E-state index contributed by atoms with van der Waals surface area (Å²) in [5.74, 6) is -0.379. The van der Waals surface area contributed by atoms with Crippen LogP contribution in [0.1, 0.15) is 10.4 Å². The first-order valence-electron chi connectivity index (χ1n) is 7.69. The number of nitrogens with two attached hydrogens (primary N) is 1. The summed E-state index contributed by atoms with van der Waals surface area (Å²) in [6.07, 6.45) is 0. The van der Waals surface area contributed by atoms with Crippen molar-refractivity contribution in [3.8, 4) is 16.9 Å². The first kappa shape index (κ1) is 14.3. The van der Waals surface area contributed by atoms with Crippen molar-refractivity contribution in [3.63, 3.8) is 0 Å². The standard InChI is InChI=1S/C21H15NO2/c22-21(24)17-11-9-13-5-1-3-7-15(13)19(17)20-16-8-4-2-6-14(16)10-12-18(20)23/h1-12,23H,(H2,22,24). The zero-order valence-corrected chi connectivity index (χ0v) is 12.9. The van der Waals surface area contributed by atoms with Crippen molar-refractivity contribution in [2.24, 2.45) is 5.73 Å². The highest BCUT2D eigenvalue weighted by Gasteiger charge is 2.18. The maximum atomic E-state index is 12.0. The summed E-state index contributed by atoms with van der Waals surface area (Å²) in [6.45, 7) is 0. The Kier molecular flexibility index (Phi) is 3.21. The highest BCUT2D eigenvalue weighted by atomic mass is 16.3. The fourth-order valence-electron chi connectivity index (χ4n) is 3.27. The van der Waals surface area contributed by atoms with Gasteiger partial charge in [-0.1, -0.05) is 60.7 Å². The minimum Gasteiger partial charge on any atom is -0.507 e. The van der Waals surface area contributed by atoms with E-state index in [9.17, 15) is 9.90 Å². The molecule has 4 aromatic carbocycles. The van der Waals surface area contributed by atoms with Gasteiger partial charge in [0, 0.05) is 16.7 Å². The molecule has 24 heavy (non-hydrogen) atoms. The zero-order valence-electron chi connectivity index (χ0n) is 12.9. The van der Waals surface area contributed by atoms with Gasteiger partial charge in [0.15, 0.2) is 0 Å². The summed E-state index contributed by atoms with van der Waals surface area (Å²) in [5, 5.41) is 14.3. The first-order valence-corrected chi connectivity index (χ1v) is 7.69. The number of hydrogen-bond acceptors (Lipinski definition) is 2. The number of aromatic hydroxyl groups is 1. The van der Waals surface area contributed by atoms with Gasteiger partial charge in [-0.15, -0.1) is 0 Å². The zero-order chi connectivity index (χ0) is 16.7. The van der Waals surface area contributed by atoms with Gasteiger partial charge >= 0.3 is 0 Å². The van der Waals surface area contributed by atoms with E-state index in [1.165, 1.54) is 0 Å². The van der Waals surface area contributed by atoms with Crippen LogP contribution in [-0.4, -0.2) is 11.0 Å². The summed E-state index contributed by atoms with van der Waals surface area (Å²) in [4.78, 5) is 12.0. The van der Waals surface area contributed by atoms with E-state index >= 15 is 0 Å². The lowest BCUT2D eigenvalue weighted by atomic mass is 9.89. The molecule has 1 amide bonds. The number of carbonyl (C=O) groups is 1. The van der Waals surface area contributed by atoms with Crippen molar-refractivity contribution >= 4 is 27.5 Å². The molecule has 0 saturated carbocycles. The van der Waals surface area contributed by atoms with Crippen LogP contribution < -0.4 is 5.73 Å². The molecule has 3 N–H and O–H groups in total. The Labute approximate surface area is 139 Å². The van der Waals surface area contributed by atoms with Crippen LogP contribution >= 0.6 is 0 Å². The van der Waals surface area contributed by atoms with Gasteiger partial charge in [-0.2, -0.15) is 0 Å². The summed E-state index contributed by atoms with van der Waals surface area (Å²) in [6, 6.07) is 22.7. The van der Waals surface area contributed by atoms with Gasteiger partial charge < -0.3 is 10.8 Å². The lowest BCUT2D eigenvalue weighted by Gasteiger charge is -2.15. The molecule has 4 rings (SSSR count). The largest absolute Gasteiger partial charge is 0.507 e. The first-order chi connectivity index (χ1) is 11.7. The number of hydrogen-bond donors (Lipinski definition) is 2. The normalized spacial score (nSPS) is 11.0. The number of benzene rings is 4. The van der Waals surface area contributed by atoms with E-state index in [1.807, 2.05) is 60.7 Å². The van der Waals surface area contributed by atoms with Crippen molar-refractivity contribution < 1.29 is 9.90 Å². The minimum absolute atomic E-state index is 0.132. The molecule has 0 unspecified atom stereocenters. The number of phenols is 1. The molecule has 4 aromatic rings. The van der Waals surface area contributed by atoms with Crippen molar-refractivity contribution in [2.75, 3.05) is 0 Å². The number of amides is 1. The van der Waals surface area contributed by atoms with Crippen LogP contribution in [0.15, 0.2) is 72.8 Å². The van der Waals surface area contributed by atoms with Gasteiger partial charge in [-0.3, -0.25) is 4.79 Å². The van der Waals surface area contributed by atoms with Gasteiger partial charge in [-0.05, 0) is 33.7 Å². The molecule has 0 heterocycles. The average Bonchev–Trinajstić information content (AvgIpc) is 2.61. The number of phenolic OH excluding ortho intramolecular Hbond substituents is 1. The molecule has 0 saturated heterocycles. The average molecular weight is 313 g/mol. The Bertz CT molecular complexity index is 1100. The highest BCUT2D eigenvalue weighted by molar-refractivity contribution is 6.15. The SMILES string of the molecule is NC(=O)c1ccc2ccccc2c1-c1c(O)ccc2ccccc12. The molecule has 0 fully saturated rings. The molecular weight excluding hydrogens is 298 g/mol. The van der Waals surface area contributed by atoms with E-state index in [4.69, 9.17) is 5.73 Å². The molecule has 0 aliphatic heterocycles. The molecule has 0 radical (unpaired) electrons. The van der Waals surface area contributed by atoms with Gasteiger partial charge in [0.1, 0.15) is 5.75 Å². The van der Waals surface area contributed by atoms with Crippen LogP contribution in [0.25, 0.3) is 32.7 Å². The van der Waals surface area contributed by atoms with E-state index in [2.05, 4.69) is 0 Å². The topological polar surface area (TPSA) is 63.3 Å². The second-order valence-electron chi connectivity index (χ2n) is 5.75. The number of rotatable bonds is 2. The molecule has 3 heteroatoms. The summed E-state index contributed by atoms with van der Waals surface area (Å²) in [7, 11) is 0. The van der Waals surface area contributed by atoms with Crippen molar-refractivity contribution in [3.05, 3.63) is 78.4 Å². The quantitative estimate of drug-likeness (QED) is 0.573. The second kappa shape index (κ2) is 5.39. The Morgan fingerprint density at radius 1 is 0.708 bits per heavy atom. The monoisotopic (exact) mass is 313 g/mol. The molecule has 0 spiro atoms. The third-order valence-corrected chi connectivity index (χ3v) is 4.35. The van der Waals surface area contributed by atoms with Gasteiger partial charge in [-0.25, -0.2) is 0 Å². The van der Waals surface area contributed by atoms with Crippen LogP contribution in [0.3, 0.4) is 0 Å². The third-order valence-electron chi connectivity index (χ3n) is 4.35. The van der Waals surface area contributed by atoms with Crippen LogP contribution in [0, 0.1) is 0 Å². The van der Waals surface area contributed by atoms with Crippen LogP contribution in [0.2, 0.25) is 0 Å². The molecular formula is C21H15NO2. The van der Waals surface area contributed by atoms with Crippen molar-refractivity contribution in [1.29, 1.82) is 0 Å². The molecule has 0 aliphatic rings. The molecule has 116 valence electrons. The van der Waals surface area contributed by atoms with E-state index in [-0.39, 0.29) is 5.75 Å². The van der Waals surface area contributed by atoms with Crippen molar-refractivity contribution in [2.45, 2.75) is 0 Å². The molecule has 3 nitrogen and oxygen atoms in total. The Morgan fingerprint density at radius 2 is 1.25 bits per heavy atom. The summed E-state index contributed by atoms with van der Waals surface area (Å²) < 4.78 is 0. The van der Waals surface area contributed by atoms with Gasteiger partial charge in [0.2, 0.25) is 5.91 Å². The van der Waals surface area contributed by atoms with E-state index < -0.39 is 5.91 Å². The van der Waals surface area contributed by atoms with Gasteiger partial charge in [0.25, 0.3) is 0 Å². The fraction of sp³-hybridized carbons (Fsp3) is 0. The maximum Gasteiger partial charge on any atom is 0.249 e. The summed E-state index contributed by atoms with van der Waals surface area (Å²) >= 11 is 0. The number of primary amides is 1. The van der Waals surface area contributed by atoms with Gasteiger partial charge in [0.05, 0.1) is 0 Å². The second-order valence-corrected chi connectivity index (χ2v) is 5.75. The van der Waals surface area contributed by atoms with Crippen LogP contribution in [0.4, 0.5) is 0 Å². The third kappa shape index (κ3) is 2.10. The van der Waals surface area contributed by atoms with Crippen LogP contribution in [0.5, 0.6) is 5.75 Å². The predicted molar refractivity (Wildman–Crippen MR) is 97.1 cm³/mol. The lowest BCUT2D eigenvalue weighted by Crippen LogP contribution is -2.12. The Balaban J connectivity index is 2.23. The van der Waals surface area contributed by atoms with E-state index in [1.54, 1.807) is 12.1 Å². The molecule has 0 aromatic heterocycles. The van der Waals surface area contributed by atoms with E-state index in [0.717, 1.165) is 21.5 Å². The molecule has 0 atom stereocenters. The smallest absolute Gasteiger partial charge is 0.249 e. The fourth-order valence-corrected chi connectivity index (χ4v) is 3.27. The number of fused-ring (bicyclic) bond motifs is 2. The van der Waals surface area contributed by atoms with E-state index in [0.29, 0.717) is 16.7 Å². The minimum atomic E-state index is -0.511. The lowest BCUT2D eigenvalue weighted by molar-refractivity contribution is 0.100. The van der Waals surface area contributed by atoms with Crippen LogP contribution in [-0.2, 0) is 0 Å². The Morgan fingerprint density at radius 3 is 1.88 bits per heavy atom.